The van der Waals surface area contributed by atoms with Crippen LogP contribution in [0.1, 0.15) is 15.9 Å². The zero-order valence-corrected chi connectivity index (χ0v) is 16.8. The lowest BCUT2D eigenvalue weighted by Crippen LogP contribution is -2.21. The summed E-state index contributed by atoms with van der Waals surface area (Å²) in [6.45, 7) is 0. The van der Waals surface area contributed by atoms with Gasteiger partial charge >= 0.3 is 0 Å². The minimum absolute atomic E-state index is 0.246. The Morgan fingerprint density at radius 2 is 1.47 bits per heavy atom. The predicted molar refractivity (Wildman–Crippen MR) is 121 cm³/mol. The molecule has 0 saturated heterocycles. The first-order chi connectivity index (χ1) is 15.8. The van der Waals surface area contributed by atoms with Gasteiger partial charge in [0, 0.05) is 11.1 Å². The fourth-order valence-electron chi connectivity index (χ4n) is 3.43. The number of nitrogens with one attached hydrogen (secondary N) is 1. The van der Waals surface area contributed by atoms with Crippen LogP contribution < -0.4 is 5.43 Å². The molecule has 3 aromatic carbocycles. The van der Waals surface area contributed by atoms with Gasteiger partial charge in [0.15, 0.2) is 0 Å². The molecular formula is C24H17N7O. The molecule has 0 atom stereocenters. The Morgan fingerprint density at radius 1 is 0.844 bits per heavy atom. The van der Waals surface area contributed by atoms with Crippen molar-refractivity contribution in [3.8, 4) is 22.4 Å². The van der Waals surface area contributed by atoms with Gasteiger partial charge in [-0.2, -0.15) is 5.10 Å². The number of hydrogen-bond acceptors (Lipinski definition) is 6. The van der Waals surface area contributed by atoms with Crippen molar-refractivity contribution in [2.24, 2.45) is 5.10 Å². The average molecular weight is 419 g/mol. The molecule has 0 saturated carbocycles. The van der Waals surface area contributed by atoms with E-state index in [1.807, 2.05) is 91.0 Å². The Labute approximate surface area is 183 Å². The smallest absolute Gasteiger partial charge is 0.267 e. The maximum absolute atomic E-state index is 13.4. The summed E-state index contributed by atoms with van der Waals surface area (Å²) in [5.74, 6) is -0.435. The third-order valence-electron chi connectivity index (χ3n) is 4.87. The second-order valence-corrected chi connectivity index (χ2v) is 6.93. The minimum atomic E-state index is -0.435. The summed E-state index contributed by atoms with van der Waals surface area (Å²) in [6.07, 6.45) is 1.58. The number of benzene rings is 3. The van der Waals surface area contributed by atoms with E-state index >= 15 is 0 Å². The number of tetrazole rings is 1. The van der Waals surface area contributed by atoms with Gasteiger partial charge < -0.3 is 0 Å². The van der Waals surface area contributed by atoms with Crippen LogP contribution in [0.15, 0.2) is 96.1 Å². The summed E-state index contributed by atoms with van der Waals surface area (Å²) in [5.41, 5.74) is 6.90. The molecule has 0 fully saturated rings. The zero-order chi connectivity index (χ0) is 21.8. The van der Waals surface area contributed by atoms with Crippen LogP contribution in [0.5, 0.6) is 0 Å². The minimum Gasteiger partial charge on any atom is -0.267 e. The van der Waals surface area contributed by atoms with Crippen LogP contribution in [-0.2, 0) is 0 Å². The second kappa shape index (κ2) is 8.57. The van der Waals surface area contributed by atoms with Gasteiger partial charge in [0.1, 0.15) is 5.69 Å². The van der Waals surface area contributed by atoms with Crippen molar-refractivity contribution < 1.29 is 4.79 Å². The monoisotopic (exact) mass is 419 g/mol. The van der Waals surface area contributed by atoms with E-state index in [-0.39, 0.29) is 5.65 Å². The molecule has 5 rings (SSSR count). The van der Waals surface area contributed by atoms with Crippen LogP contribution in [0.4, 0.5) is 0 Å². The summed E-state index contributed by atoms with van der Waals surface area (Å²) in [6, 6.07) is 28.7. The summed E-state index contributed by atoms with van der Waals surface area (Å²) >= 11 is 0. The van der Waals surface area contributed by atoms with E-state index in [9.17, 15) is 4.79 Å². The maximum Gasteiger partial charge on any atom is 0.276 e. The van der Waals surface area contributed by atoms with Crippen molar-refractivity contribution in [2.75, 3.05) is 0 Å². The third-order valence-corrected chi connectivity index (χ3v) is 4.87. The van der Waals surface area contributed by atoms with E-state index in [4.69, 9.17) is 0 Å². The van der Waals surface area contributed by atoms with Gasteiger partial charge in [-0.1, -0.05) is 91.0 Å². The quantitative estimate of drug-likeness (QED) is 0.347. The zero-order valence-electron chi connectivity index (χ0n) is 16.8. The molecule has 0 spiro atoms. The van der Waals surface area contributed by atoms with E-state index in [1.165, 1.54) is 4.63 Å². The molecule has 2 aromatic heterocycles. The fourth-order valence-corrected chi connectivity index (χ4v) is 3.43. The molecule has 32 heavy (non-hydrogen) atoms. The first kappa shape index (κ1) is 19.3. The summed E-state index contributed by atoms with van der Waals surface area (Å²) in [5, 5.41) is 20.5. The highest BCUT2D eigenvalue weighted by Crippen LogP contribution is 2.34. The lowest BCUT2D eigenvalue weighted by Gasteiger charge is -2.14. The lowest BCUT2D eigenvalue weighted by molar-refractivity contribution is 0.0956. The Morgan fingerprint density at radius 3 is 2.16 bits per heavy atom. The van der Waals surface area contributed by atoms with E-state index in [0.29, 0.717) is 16.8 Å². The normalized spacial score (nSPS) is 11.1. The van der Waals surface area contributed by atoms with Crippen molar-refractivity contribution in [1.29, 1.82) is 0 Å². The third kappa shape index (κ3) is 3.72. The number of rotatable bonds is 5. The van der Waals surface area contributed by atoms with E-state index in [2.05, 4.69) is 31.2 Å². The SMILES string of the molecule is O=C(N/N=C\c1ccccc1)c1c(-c2ccccc2)c(-c2ccccc2)nn2nnnc12. The molecule has 0 unspecified atom stereocenters. The van der Waals surface area contributed by atoms with Crippen LogP contribution in [0.3, 0.4) is 0 Å². The number of aromatic nitrogens is 5. The molecule has 0 aliphatic carbocycles. The Bertz CT molecular complexity index is 1400. The van der Waals surface area contributed by atoms with E-state index < -0.39 is 5.91 Å². The van der Waals surface area contributed by atoms with Gasteiger partial charge in [0.2, 0.25) is 5.65 Å². The standard InChI is InChI=1S/C24H17N7O/c32-24(27-25-16-17-10-4-1-5-11-17)21-20(18-12-6-2-7-13-18)22(19-14-8-3-9-15-19)28-31-23(21)26-29-30-31/h1-16H,(H,27,32)/b25-16-. The Hall–Kier alpha value is -4.72. The van der Waals surface area contributed by atoms with Crippen LogP contribution in [0.25, 0.3) is 28.0 Å². The Balaban J connectivity index is 1.67. The van der Waals surface area contributed by atoms with Crippen molar-refractivity contribution in [2.45, 2.75) is 0 Å². The molecule has 0 aliphatic rings. The molecule has 1 amide bonds. The fraction of sp³-hybridized carbons (Fsp3) is 0. The van der Waals surface area contributed by atoms with Crippen LogP contribution >= 0.6 is 0 Å². The molecule has 1 N–H and O–H groups in total. The molecular weight excluding hydrogens is 402 g/mol. The summed E-state index contributed by atoms with van der Waals surface area (Å²) in [4.78, 5) is 13.4. The lowest BCUT2D eigenvalue weighted by atomic mass is 9.95. The first-order valence-corrected chi connectivity index (χ1v) is 9.93. The van der Waals surface area contributed by atoms with Gasteiger partial charge in [-0.3, -0.25) is 4.79 Å². The van der Waals surface area contributed by atoms with Gasteiger partial charge in [0.25, 0.3) is 5.91 Å². The molecule has 0 bridgehead atoms. The van der Waals surface area contributed by atoms with Crippen molar-refractivity contribution in [3.05, 3.63) is 102 Å². The molecule has 0 aliphatic heterocycles. The van der Waals surface area contributed by atoms with Crippen molar-refractivity contribution >= 4 is 17.8 Å². The highest BCUT2D eigenvalue weighted by atomic mass is 16.2. The maximum atomic E-state index is 13.4. The summed E-state index contributed by atoms with van der Waals surface area (Å²) < 4.78 is 1.27. The number of carbonyl (C=O) groups is 1. The van der Waals surface area contributed by atoms with Gasteiger partial charge in [-0.05, 0) is 21.6 Å². The Kier molecular flexibility index (Phi) is 5.15. The number of hydrazone groups is 1. The van der Waals surface area contributed by atoms with Crippen LogP contribution in [0.2, 0.25) is 0 Å². The largest absolute Gasteiger partial charge is 0.276 e. The second-order valence-electron chi connectivity index (χ2n) is 6.93. The van der Waals surface area contributed by atoms with Crippen LogP contribution in [0, 0.1) is 0 Å². The average Bonchev–Trinajstić information content (AvgIpc) is 3.33. The number of nitrogens with zero attached hydrogens (tertiary/aromatic N) is 6. The van der Waals surface area contributed by atoms with E-state index in [1.54, 1.807) is 6.21 Å². The van der Waals surface area contributed by atoms with Gasteiger partial charge in [-0.25, -0.2) is 5.43 Å². The molecule has 2 heterocycles. The number of carbonyl (C=O) groups excluding carboxylic acids is 1. The van der Waals surface area contributed by atoms with Gasteiger partial charge in [-0.15, -0.1) is 14.8 Å². The number of fused-ring (bicyclic) bond motifs is 1. The first-order valence-electron chi connectivity index (χ1n) is 9.93. The summed E-state index contributed by atoms with van der Waals surface area (Å²) in [7, 11) is 0. The van der Waals surface area contributed by atoms with Crippen molar-refractivity contribution in [3.63, 3.8) is 0 Å². The topological polar surface area (TPSA) is 97.4 Å². The number of hydrogen-bond donors (Lipinski definition) is 1. The van der Waals surface area contributed by atoms with E-state index in [0.717, 1.165) is 16.7 Å². The highest BCUT2D eigenvalue weighted by molar-refractivity contribution is 6.08. The van der Waals surface area contributed by atoms with Gasteiger partial charge in [0.05, 0.1) is 11.8 Å². The van der Waals surface area contributed by atoms with Crippen LogP contribution in [-0.4, -0.2) is 37.4 Å². The predicted octanol–water partition coefficient (Wildman–Crippen LogP) is 3.62. The molecule has 8 nitrogen and oxygen atoms in total. The highest BCUT2D eigenvalue weighted by Gasteiger charge is 2.25. The van der Waals surface area contributed by atoms with Crippen molar-refractivity contribution in [1.82, 2.24) is 30.7 Å². The molecule has 5 aromatic rings. The molecule has 0 radical (unpaired) electrons. The number of amides is 1. The molecule has 154 valence electrons. The molecule has 8 heteroatoms.